The molecule has 4 rings (SSSR count). The Labute approximate surface area is 169 Å². The quantitative estimate of drug-likeness (QED) is 0.806. The molecule has 1 aromatic carbocycles. The van der Waals surface area contributed by atoms with Crippen LogP contribution in [-0.2, 0) is 11.0 Å². The van der Waals surface area contributed by atoms with Gasteiger partial charge in [0.15, 0.2) is 0 Å². The van der Waals surface area contributed by atoms with Crippen LogP contribution >= 0.6 is 0 Å². The summed E-state index contributed by atoms with van der Waals surface area (Å²) in [4.78, 5) is 14.5. The predicted octanol–water partition coefficient (Wildman–Crippen LogP) is 4.32. The highest BCUT2D eigenvalue weighted by molar-refractivity contribution is 5.80. The van der Waals surface area contributed by atoms with Gasteiger partial charge in [-0.05, 0) is 81.5 Å². The zero-order valence-electron chi connectivity index (χ0n) is 16.9. The van der Waals surface area contributed by atoms with Gasteiger partial charge in [-0.25, -0.2) is 0 Å². The lowest BCUT2D eigenvalue weighted by Gasteiger charge is -2.52. The third kappa shape index (κ3) is 4.11. The number of carbonyl (C=O) groups excluding carboxylic acids is 1. The van der Waals surface area contributed by atoms with Crippen molar-refractivity contribution < 1.29 is 27.8 Å². The molecule has 2 saturated carbocycles. The predicted molar refractivity (Wildman–Crippen MR) is 101 cm³/mol. The van der Waals surface area contributed by atoms with Gasteiger partial charge in [-0.1, -0.05) is 0 Å². The minimum atomic E-state index is -4.34. The third-order valence-electron chi connectivity index (χ3n) is 6.98. The summed E-state index contributed by atoms with van der Waals surface area (Å²) >= 11 is 0. The van der Waals surface area contributed by atoms with Crippen LogP contribution in [0.3, 0.4) is 0 Å². The minimum Gasteiger partial charge on any atom is -0.490 e. The van der Waals surface area contributed by atoms with Crippen molar-refractivity contribution in [3.8, 4) is 5.75 Å². The average molecular weight is 411 g/mol. The molecule has 7 heteroatoms. The molecule has 1 amide bonds. The first-order valence-corrected chi connectivity index (χ1v) is 10.3. The van der Waals surface area contributed by atoms with Gasteiger partial charge in [0.1, 0.15) is 5.75 Å². The molecule has 2 aliphatic carbocycles. The Morgan fingerprint density at radius 3 is 2.31 bits per heavy atom. The monoisotopic (exact) mass is 411 g/mol. The fourth-order valence-electron chi connectivity index (χ4n) is 5.25. The highest BCUT2D eigenvalue weighted by Gasteiger charge is 2.49. The van der Waals surface area contributed by atoms with Crippen molar-refractivity contribution in [3.05, 3.63) is 29.3 Å². The van der Waals surface area contributed by atoms with Crippen LogP contribution in [0.1, 0.15) is 56.6 Å². The van der Waals surface area contributed by atoms with E-state index in [4.69, 9.17) is 4.74 Å². The molecular formula is C22H28F3NO3. The van der Waals surface area contributed by atoms with Crippen molar-refractivity contribution >= 4 is 5.91 Å². The number of hydrogen-bond donors (Lipinski definition) is 1. The number of amides is 1. The molecular weight excluding hydrogens is 383 g/mol. The molecule has 3 fully saturated rings. The lowest BCUT2D eigenvalue weighted by molar-refractivity contribution is -0.154. The van der Waals surface area contributed by atoms with E-state index in [1.54, 1.807) is 6.92 Å². The van der Waals surface area contributed by atoms with Gasteiger partial charge < -0.3 is 14.7 Å². The molecule has 160 valence electrons. The normalized spacial score (nSPS) is 29.3. The molecule has 1 spiro atoms. The summed E-state index contributed by atoms with van der Waals surface area (Å²) in [6.45, 7) is 4.70. The minimum absolute atomic E-state index is 0.0233. The molecule has 3 aliphatic rings. The van der Waals surface area contributed by atoms with Crippen molar-refractivity contribution in [1.82, 2.24) is 4.90 Å². The molecule has 1 heterocycles. The van der Waals surface area contributed by atoms with Gasteiger partial charge in [-0.3, -0.25) is 4.79 Å². The van der Waals surface area contributed by atoms with Gasteiger partial charge in [0.25, 0.3) is 0 Å². The van der Waals surface area contributed by atoms with Crippen LogP contribution in [0, 0.1) is 18.3 Å². The van der Waals surface area contributed by atoms with E-state index in [2.05, 4.69) is 0 Å². The van der Waals surface area contributed by atoms with Crippen molar-refractivity contribution in [3.63, 3.8) is 0 Å². The zero-order chi connectivity index (χ0) is 21.0. The van der Waals surface area contributed by atoms with E-state index in [0.29, 0.717) is 18.6 Å². The first kappa shape index (κ1) is 20.5. The highest BCUT2D eigenvalue weighted by atomic mass is 19.4. The maximum Gasteiger partial charge on any atom is 0.416 e. The van der Waals surface area contributed by atoms with Gasteiger partial charge in [0.2, 0.25) is 5.91 Å². The number of aliphatic hydroxyl groups is 1. The Hall–Kier alpha value is -1.76. The van der Waals surface area contributed by atoms with E-state index in [0.717, 1.165) is 44.8 Å². The van der Waals surface area contributed by atoms with Crippen LogP contribution in [0.15, 0.2) is 18.2 Å². The van der Waals surface area contributed by atoms with E-state index in [1.165, 1.54) is 19.1 Å². The molecule has 29 heavy (non-hydrogen) atoms. The van der Waals surface area contributed by atoms with Crippen molar-refractivity contribution in [2.45, 2.75) is 70.3 Å². The Balaban J connectivity index is 1.25. The lowest BCUT2D eigenvalue weighted by atomic mass is 9.61. The van der Waals surface area contributed by atoms with Crippen LogP contribution < -0.4 is 4.74 Å². The van der Waals surface area contributed by atoms with E-state index in [1.807, 2.05) is 4.90 Å². The number of benzene rings is 1. The largest absolute Gasteiger partial charge is 0.490 e. The summed E-state index contributed by atoms with van der Waals surface area (Å²) < 4.78 is 44.6. The Morgan fingerprint density at radius 1 is 1.17 bits per heavy atom. The van der Waals surface area contributed by atoms with Crippen LogP contribution in [0.4, 0.5) is 13.2 Å². The average Bonchev–Trinajstić information content (AvgIpc) is 2.57. The van der Waals surface area contributed by atoms with Gasteiger partial charge >= 0.3 is 6.18 Å². The number of piperidine rings is 1. The van der Waals surface area contributed by atoms with Gasteiger partial charge in [0.05, 0.1) is 17.3 Å². The van der Waals surface area contributed by atoms with Gasteiger partial charge in [0, 0.05) is 19.0 Å². The number of aryl methyl sites for hydroxylation is 1. The first-order chi connectivity index (χ1) is 13.5. The van der Waals surface area contributed by atoms with Crippen LogP contribution in [0.5, 0.6) is 5.75 Å². The Morgan fingerprint density at radius 2 is 1.79 bits per heavy atom. The number of hydrogen-bond acceptors (Lipinski definition) is 3. The van der Waals surface area contributed by atoms with E-state index < -0.39 is 17.3 Å². The van der Waals surface area contributed by atoms with Crippen LogP contribution in [0.25, 0.3) is 0 Å². The Kier molecular flexibility index (Phi) is 4.88. The smallest absolute Gasteiger partial charge is 0.416 e. The summed E-state index contributed by atoms with van der Waals surface area (Å²) in [7, 11) is 0. The molecule has 1 N–H and O–H groups in total. The number of carbonyl (C=O) groups is 1. The number of alkyl halides is 3. The molecule has 1 saturated heterocycles. The second kappa shape index (κ2) is 6.89. The first-order valence-electron chi connectivity index (χ1n) is 10.3. The maximum atomic E-state index is 12.9. The molecule has 0 bridgehead atoms. The van der Waals surface area contributed by atoms with Gasteiger partial charge in [-0.15, -0.1) is 0 Å². The molecule has 0 aromatic heterocycles. The molecule has 1 aliphatic heterocycles. The van der Waals surface area contributed by atoms with Crippen molar-refractivity contribution in [1.29, 1.82) is 0 Å². The number of likely N-dealkylation sites (tertiary alicyclic amines) is 1. The standard InChI is InChI=1S/C22H28F3NO3/c1-14-9-16(3-4-18(14)22(23,24)25)29-17-12-21(13-17)5-7-26(8-6-21)19(27)15-10-20(2,28)11-15/h3-4,9,15,17,28H,5-8,10-13H2,1-2H3/t15-,20+. The number of ether oxygens (including phenoxy) is 1. The van der Waals surface area contributed by atoms with Crippen molar-refractivity contribution in [2.75, 3.05) is 13.1 Å². The zero-order valence-corrected chi connectivity index (χ0v) is 16.9. The lowest BCUT2D eigenvalue weighted by Crippen LogP contribution is -2.55. The summed E-state index contributed by atoms with van der Waals surface area (Å²) in [5, 5.41) is 9.84. The molecule has 4 nitrogen and oxygen atoms in total. The second-order valence-corrected chi connectivity index (χ2v) is 9.55. The number of rotatable bonds is 3. The fraction of sp³-hybridized carbons (Fsp3) is 0.682. The Bertz CT molecular complexity index is 781. The SMILES string of the molecule is Cc1cc(OC2CC3(CCN(C(=O)[C@H]4C[C@@](C)(O)C4)CC3)C2)ccc1C(F)(F)F. The molecule has 0 unspecified atom stereocenters. The van der Waals surface area contributed by atoms with Crippen molar-refractivity contribution in [2.24, 2.45) is 11.3 Å². The third-order valence-corrected chi connectivity index (χ3v) is 6.98. The summed E-state index contributed by atoms with van der Waals surface area (Å²) in [5.41, 5.74) is -0.953. The molecule has 1 aromatic rings. The molecule has 0 radical (unpaired) electrons. The number of halogens is 3. The second-order valence-electron chi connectivity index (χ2n) is 9.55. The van der Waals surface area contributed by atoms with Crippen LogP contribution in [0.2, 0.25) is 0 Å². The summed E-state index contributed by atoms with van der Waals surface area (Å²) in [5.74, 6) is 0.609. The maximum absolute atomic E-state index is 12.9. The topological polar surface area (TPSA) is 49.8 Å². The number of nitrogens with zero attached hydrogens (tertiary/aromatic N) is 1. The molecule has 0 atom stereocenters. The summed E-state index contributed by atoms with van der Waals surface area (Å²) in [6, 6.07) is 3.94. The summed E-state index contributed by atoms with van der Waals surface area (Å²) in [6.07, 6.45) is 0.424. The van der Waals surface area contributed by atoms with E-state index in [9.17, 15) is 23.1 Å². The van der Waals surface area contributed by atoms with Gasteiger partial charge in [-0.2, -0.15) is 13.2 Å². The highest BCUT2D eigenvalue weighted by Crippen LogP contribution is 2.51. The fourth-order valence-corrected chi connectivity index (χ4v) is 5.25. The van der Waals surface area contributed by atoms with E-state index >= 15 is 0 Å². The van der Waals surface area contributed by atoms with E-state index in [-0.39, 0.29) is 28.9 Å². The van der Waals surface area contributed by atoms with Crippen LogP contribution in [-0.4, -0.2) is 40.7 Å².